The summed E-state index contributed by atoms with van der Waals surface area (Å²) in [4.78, 5) is 22.2. The van der Waals surface area contributed by atoms with E-state index in [1.54, 1.807) is 0 Å². The summed E-state index contributed by atoms with van der Waals surface area (Å²) < 4.78 is 0. The average molecular weight is 305 g/mol. The van der Waals surface area contributed by atoms with Gasteiger partial charge in [-0.3, -0.25) is 4.90 Å². The van der Waals surface area contributed by atoms with E-state index in [9.17, 15) is 24.9 Å². The van der Waals surface area contributed by atoms with Crippen LogP contribution in [-0.4, -0.2) is 47.7 Å². The quantitative estimate of drug-likeness (QED) is 0.300. The maximum Gasteiger partial charge on any atom is 1.00 e. The van der Waals surface area contributed by atoms with Crippen molar-refractivity contribution in [3.05, 3.63) is 0 Å². The Morgan fingerprint density at radius 2 is 1.75 bits per heavy atom. The van der Waals surface area contributed by atoms with Gasteiger partial charge in [0.05, 0.1) is 12.1 Å². The number of carbonyl (C=O) groups excluding carboxylic acids is 2. The molecule has 8 heteroatoms. The van der Waals surface area contributed by atoms with Gasteiger partial charge >= 0.3 is 59.1 Å². The molecule has 106 valence electrons. The molecule has 0 aromatic carbocycles. The fourth-order valence-corrected chi connectivity index (χ4v) is 1.69. The van der Waals surface area contributed by atoms with Gasteiger partial charge in [-0.2, -0.15) is 0 Å². The molecule has 20 heavy (non-hydrogen) atoms. The number of nitrogens with zero attached hydrogens (tertiary/aromatic N) is 1. The van der Waals surface area contributed by atoms with E-state index in [0.29, 0.717) is 6.42 Å². The molecule has 0 spiro atoms. The number of rotatable bonds is 11. The van der Waals surface area contributed by atoms with Crippen molar-refractivity contribution in [1.29, 1.82) is 0 Å². The zero-order valence-electron chi connectivity index (χ0n) is 12.8. The first kappa shape index (κ1) is 25.8. The van der Waals surface area contributed by atoms with Crippen molar-refractivity contribution in [3.8, 4) is 0 Å². The van der Waals surface area contributed by atoms with Crippen LogP contribution in [0.5, 0.6) is 0 Å². The summed E-state index contributed by atoms with van der Waals surface area (Å²) in [7, 11) is 0. The molecule has 0 saturated carbocycles. The first-order valence-corrected chi connectivity index (χ1v) is 6.25. The van der Waals surface area contributed by atoms with E-state index in [1.807, 2.05) is 0 Å². The molecule has 0 aliphatic heterocycles. The number of hydrogen-bond donors (Lipinski definition) is 1. The van der Waals surface area contributed by atoms with Crippen LogP contribution in [0.2, 0.25) is 0 Å². The summed E-state index contributed by atoms with van der Waals surface area (Å²) in [5.74, 6) is -2.52. The zero-order valence-corrected chi connectivity index (χ0v) is 16.8. The molecule has 0 rings (SSSR count). The fraction of sp³-hybridized carbons (Fsp3) is 0.833. The molecule has 0 aliphatic carbocycles. The van der Waals surface area contributed by atoms with Gasteiger partial charge in [0.25, 0.3) is 0 Å². The van der Waals surface area contributed by atoms with E-state index >= 15 is 0 Å². The molecular weight excluding hydrogens is 284 g/mol. The Morgan fingerprint density at radius 3 is 2.20 bits per heavy atom. The maximum absolute atomic E-state index is 10.5. The molecule has 1 atom stereocenters. The normalized spacial score (nSPS) is 11.3. The number of aliphatic hydroxyl groups is 1. The van der Waals surface area contributed by atoms with E-state index in [1.165, 1.54) is 4.90 Å². The van der Waals surface area contributed by atoms with Crippen LogP contribution in [0.1, 0.15) is 39.0 Å². The minimum absolute atomic E-state index is 0. The summed E-state index contributed by atoms with van der Waals surface area (Å²) in [6.07, 6.45) is 2.61. The Labute approximate surface area is 164 Å². The predicted molar refractivity (Wildman–Crippen MR) is 61.2 cm³/mol. The van der Waals surface area contributed by atoms with Crippen LogP contribution in [0, 0.1) is 0 Å². The maximum atomic E-state index is 10.5. The van der Waals surface area contributed by atoms with Gasteiger partial charge in [-0.15, -0.1) is 0 Å². The SMILES string of the molecule is CCCCCC(O)CN(CCC(=O)[O-])CC(=O)[O-].[Na+].[Na+]. The Hall–Kier alpha value is 0.860. The minimum Gasteiger partial charge on any atom is -0.550 e. The van der Waals surface area contributed by atoms with Crippen LogP contribution in [-0.2, 0) is 9.59 Å². The number of aliphatic carboxylic acids is 2. The number of carboxylic acids is 2. The molecule has 0 amide bonds. The van der Waals surface area contributed by atoms with Gasteiger partial charge in [0.15, 0.2) is 0 Å². The largest absolute Gasteiger partial charge is 1.00 e. The molecular formula is C12H21NNa2O5. The molecule has 0 aliphatic rings. The molecule has 0 aromatic rings. The third-order valence-corrected chi connectivity index (χ3v) is 2.59. The Morgan fingerprint density at radius 1 is 1.15 bits per heavy atom. The molecule has 0 fully saturated rings. The van der Waals surface area contributed by atoms with Crippen molar-refractivity contribution in [3.63, 3.8) is 0 Å². The third kappa shape index (κ3) is 16.9. The van der Waals surface area contributed by atoms with E-state index < -0.39 is 18.0 Å². The first-order chi connectivity index (χ1) is 8.45. The van der Waals surface area contributed by atoms with Crippen molar-refractivity contribution in [2.24, 2.45) is 0 Å². The van der Waals surface area contributed by atoms with E-state index in [4.69, 9.17) is 0 Å². The van der Waals surface area contributed by atoms with E-state index in [0.717, 1.165) is 19.3 Å². The number of carboxylic acid groups (broad SMARTS) is 2. The number of aliphatic hydroxyl groups excluding tert-OH is 1. The number of carbonyl (C=O) groups is 2. The number of hydrogen-bond acceptors (Lipinski definition) is 6. The second-order valence-electron chi connectivity index (χ2n) is 4.38. The minimum atomic E-state index is -1.28. The van der Waals surface area contributed by atoms with Gasteiger partial charge in [0, 0.05) is 25.6 Å². The fourth-order valence-electron chi connectivity index (χ4n) is 1.69. The van der Waals surface area contributed by atoms with Crippen LogP contribution < -0.4 is 69.3 Å². The second kappa shape index (κ2) is 16.2. The molecule has 6 nitrogen and oxygen atoms in total. The molecule has 1 N–H and O–H groups in total. The van der Waals surface area contributed by atoms with Gasteiger partial charge in [-0.25, -0.2) is 0 Å². The van der Waals surface area contributed by atoms with Crippen LogP contribution in [0.4, 0.5) is 0 Å². The van der Waals surface area contributed by atoms with Crippen molar-refractivity contribution in [2.45, 2.75) is 45.1 Å². The smallest absolute Gasteiger partial charge is 0.550 e. The van der Waals surface area contributed by atoms with Crippen LogP contribution in [0.3, 0.4) is 0 Å². The molecule has 0 aromatic heterocycles. The van der Waals surface area contributed by atoms with Gasteiger partial charge in [-0.1, -0.05) is 26.2 Å². The average Bonchev–Trinajstić information content (AvgIpc) is 2.25. The summed E-state index contributed by atoms with van der Waals surface area (Å²) in [6, 6.07) is 0. The third-order valence-electron chi connectivity index (χ3n) is 2.59. The molecule has 0 bridgehead atoms. The Kier molecular flexibility index (Phi) is 20.9. The number of unbranched alkanes of at least 4 members (excludes halogenated alkanes) is 2. The van der Waals surface area contributed by atoms with Gasteiger partial charge in [-0.05, 0) is 12.8 Å². The first-order valence-electron chi connectivity index (χ1n) is 6.25. The molecule has 0 radical (unpaired) electrons. The van der Waals surface area contributed by atoms with Gasteiger partial charge in [0.1, 0.15) is 0 Å². The Bertz CT molecular complexity index is 266. The van der Waals surface area contributed by atoms with Crippen LogP contribution in [0.15, 0.2) is 0 Å². The van der Waals surface area contributed by atoms with E-state index in [2.05, 4.69) is 6.92 Å². The summed E-state index contributed by atoms with van der Waals surface area (Å²) in [6.45, 7) is 1.86. The van der Waals surface area contributed by atoms with Crippen molar-refractivity contribution in [2.75, 3.05) is 19.6 Å². The molecule has 1 unspecified atom stereocenters. The van der Waals surface area contributed by atoms with Crippen molar-refractivity contribution >= 4 is 11.9 Å². The second-order valence-corrected chi connectivity index (χ2v) is 4.38. The predicted octanol–water partition coefficient (Wildman–Crippen LogP) is -7.87. The molecule has 0 heterocycles. The van der Waals surface area contributed by atoms with Gasteiger partial charge < -0.3 is 24.9 Å². The standard InChI is InChI=1S/C12H23NO5.2Na/c1-2-3-4-5-10(14)8-13(9-12(17)18)7-6-11(15)16;;/h10,14H,2-9H2,1H3,(H,15,16)(H,17,18);;/q;2*+1/p-2. The topological polar surface area (TPSA) is 104 Å². The molecule has 0 saturated heterocycles. The summed E-state index contributed by atoms with van der Waals surface area (Å²) in [5, 5.41) is 30.5. The van der Waals surface area contributed by atoms with Gasteiger partial charge in [0.2, 0.25) is 0 Å². The van der Waals surface area contributed by atoms with Crippen molar-refractivity contribution < 1.29 is 84.0 Å². The monoisotopic (exact) mass is 305 g/mol. The van der Waals surface area contributed by atoms with Crippen LogP contribution >= 0.6 is 0 Å². The van der Waals surface area contributed by atoms with Crippen molar-refractivity contribution in [1.82, 2.24) is 4.90 Å². The van der Waals surface area contributed by atoms with Crippen LogP contribution in [0.25, 0.3) is 0 Å². The summed E-state index contributed by atoms with van der Waals surface area (Å²) >= 11 is 0. The summed E-state index contributed by atoms with van der Waals surface area (Å²) in [5.41, 5.74) is 0. The Balaban J connectivity index is -0.00000144. The van der Waals surface area contributed by atoms with E-state index in [-0.39, 0.29) is 85.2 Å². The zero-order chi connectivity index (χ0) is 14.0.